The van der Waals surface area contributed by atoms with Gasteiger partial charge < -0.3 is 14.4 Å². The van der Waals surface area contributed by atoms with Gasteiger partial charge in [0, 0.05) is 20.1 Å². The fourth-order valence-corrected chi connectivity index (χ4v) is 2.30. The highest BCUT2D eigenvalue weighted by molar-refractivity contribution is 5.97. The molecule has 1 aromatic carbocycles. The van der Waals surface area contributed by atoms with Crippen LogP contribution in [0.1, 0.15) is 31.1 Å². The molecule has 22 heavy (non-hydrogen) atoms. The van der Waals surface area contributed by atoms with Gasteiger partial charge in [-0.1, -0.05) is 0 Å². The number of carbonyl (C=O) groups excluding carboxylic acids is 2. The molecule has 0 atom stereocenters. The Bertz CT molecular complexity index is 592. The van der Waals surface area contributed by atoms with E-state index in [4.69, 9.17) is 9.47 Å². The summed E-state index contributed by atoms with van der Waals surface area (Å²) in [7, 11) is 3.27. The van der Waals surface area contributed by atoms with Crippen LogP contribution in [-0.4, -0.2) is 44.9 Å². The SMILES string of the molecule is COC(=O)c1ccc2c(c1)N(C)CCN2C(=O)OC(C)(C)C. The van der Waals surface area contributed by atoms with Crippen molar-refractivity contribution in [2.45, 2.75) is 26.4 Å². The molecule has 0 unspecified atom stereocenters. The molecule has 0 spiro atoms. The van der Waals surface area contributed by atoms with Gasteiger partial charge in [0.15, 0.2) is 0 Å². The second kappa shape index (κ2) is 5.87. The summed E-state index contributed by atoms with van der Waals surface area (Å²) < 4.78 is 10.2. The van der Waals surface area contributed by atoms with Gasteiger partial charge in [0.2, 0.25) is 0 Å². The van der Waals surface area contributed by atoms with Crippen LogP contribution in [0.15, 0.2) is 18.2 Å². The third kappa shape index (κ3) is 3.32. The fourth-order valence-electron chi connectivity index (χ4n) is 2.30. The van der Waals surface area contributed by atoms with Crippen LogP contribution in [0.3, 0.4) is 0 Å². The molecule has 0 fully saturated rings. The van der Waals surface area contributed by atoms with Crippen molar-refractivity contribution in [3.63, 3.8) is 0 Å². The zero-order valence-corrected chi connectivity index (χ0v) is 13.7. The van der Waals surface area contributed by atoms with Crippen LogP contribution < -0.4 is 9.80 Å². The van der Waals surface area contributed by atoms with Crippen molar-refractivity contribution in [2.75, 3.05) is 37.0 Å². The molecule has 1 heterocycles. The van der Waals surface area contributed by atoms with Gasteiger partial charge >= 0.3 is 12.1 Å². The summed E-state index contributed by atoms with van der Waals surface area (Å²) in [6.07, 6.45) is -0.382. The Kier molecular flexibility index (Phi) is 4.30. The second-order valence-electron chi connectivity index (χ2n) is 6.25. The Morgan fingerprint density at radius 2 is 1.82 bits per heavy atom. The topological polar surface area (TPSA) is 59.1 Å². The lowest BCUT2D eigenvalue weighted by atomic mass is 10.1. The van der Waals surface area contributed by atoms with E-state index in [0.29, 0.717) is 18.7 Å². The van der Waals surface area contributed by atoms with E-state index in [-0.39, 0.29) is 6.09 Å². The molecule has 1 aromatic rings. The number of methoxy groups -OCH3 is 1. The average Bonchev–Trinajstić information content (AvgIpc) is 2.44. The molecule has 0 saturated carbocycles. The number of hydrogen-bond acceptors (Lipinski definition) is 5. The molecule has 0 saturated heterocycles. The van der Waals surface area contributed by atoms with Gasteiger partial charge in [-0.3, -0.25) is 4.90 Å². The largest absolute Gasteiger partial charge is 0.465 e. The van der Waals surface area contributed by atoms with Crippen LogP contribution in [0.2, 0.25) is 0 Å². The minimum Gasteiger partial charge on any atom is -0.465 e. The van der Waals surface area contributed by atoms with Crippen LogP contribution in [0.4, 0.5) is 16.2 Å². The smallest absolute Gasteiger partial charge is 0.414 e. The van der Waals surface area contributed by atoms with Crippen LogP contribution in [0, 0.1) is 0 Å². The van der Waals surface area contributed by atoms with E-state index in [2.05, 4.69) is 0 Å². The fraction of sp³-hybridized carbons (Fsp3) is 0.500. The number of hydrogen-bond donors (Lipinski definition) is 0. The van der Waals surface area contributed by atoms with Crippen molar-refractivity contribution in [2.24, 2.45) is 0 Å². The van der Waals surface area contributed by atoms with Gasteiger partial charge in [0.25, 0.3) is 0 Å². The van der Waals surface area contributed by atoms with Crippen molar-refractivity contribution >= 4 is 23.4 Å². The molecular weight excluding hydrogens is 284 g/mol. The van der Waals surface area contributed by atoms with Crippen LogP contribution in [0.5, 0.6) is 0 Å². The van der Waals surface area contributed by atoms with Gasteiger partial charge in [-0.15, -0.1) is 0 Å². The molecule has 6 heteroatoms. The maximum Gasteiger partial charge on any atom is 0.414 e. The van der Waals surface area contributed by atoms with E-state index in [1.807, 2.05) is 32.7 Å². The highest BCUT2D eigenvalue weighted by Crippen LogP contribution is 2.34. The summed E-state index contributed by atoms with van der Waals surface area (Å²) in [6.45, 7) is 6.71. The third-order valence-corrected chi connectivity index (χ3v) is 3.37. The van der Waals surface area contributed by atoms with E-state index >= 15 is 0 Å². The van der Waals surface area contributed by atoms with Gasteiger partial charge in [0.1, 0.15) is 5.60 Å². The van der Waals surface area contributed by atoms with Crippen molar-refractivity contribution in [1.82, 2.24) is 0 Å². The minimum absolute atomic E-state index is 0.382. The maximum absolute atomic E-state index is 12.4. The van der Waals surface area contributed by atoms with Gasteiger partial charge in [-0.05, 0) is 39.0 Å². The number of esters is 1. The zero-order chi connectivity index (χ0) is 16.5. The summed E-state index contributed by atoms with van der Waals surface area (Å²) >= 11 is 0. The van der Waals surface area contributed by atoms with E-state index in [0.717, 1.165) is 11.4 Å². The third-order valence-electron chi connectivity index (χ3n) is 3.37. The van der Waals surface area contributed by atoms with Gasteiger partial charge in [-0.25, -0.2) is 9.59 Å². The molecule has 1 aliphatic rings. The molecule has 1 amide bonds. The number of carbonyl (C=O) groups is 2. The summed E-state index contributed by atoms with van der Waals surface area (Å²) in [5.74, 6) is -0.398. The van der Waals surface area contributed by atoms with Gasteiger partial charge in [0.05, 0.1) is 24.0 Å². The van der Waals surface area contributed by atoms with Crippen molar-refractivity contribution in [3.05, 3.63) is 23.8 Å². The Morgan fingerprint density at radius 1 is 1.14 bits per heavy atom. The van der Waals surface area contributed by atoms with Crippen molar-refractivity contribution in [3.8, 4) is 0 Å². The maximum atomic E-state index is 12.4. The Hall–Kier alpha value is -2.24. The predicted molar refractivity (Wildman–Crippen MR) is 84.6 cm³/mol. The number of nitrogens with zero attached hydrogens (tertiary/aromatic N) is 2. The highest BCUT2D eigenvalue weighted by Gasteiger charge is 2.29. The number of amides is 1. The first kappa shape index (κ1) is 16.1. The lowest BCUT2D eigenvalue weighted by Crippen LogP contribution is -2.45. The van der Waals surface area contributed by atoms with E-state index in [1.54, 1.807) is 23.1 Å². The molecule has 0 N–H and O–H groups in total. The Balaban J connectivity index is 2.35. The first-order valence-corrected chi connectivity index (χ1v) is 7.17. The van der Waals surface area contributed by atoms with Crippen LogP contribution in [-0.2, 0) is 9.47 Å². The van der Waals surface area contributed by atoms with Crippen molar-refractivity contribution in [1.29, 1.82) is 0 Å². The van der Waals surface area contributed by atoms with Crippen LogP contribution >= 0.6 is 0 Å². The van der Waals surface area contributed by atoms with Gasteiger partial charge in [-0.2, -0.15) is 0 Å². The summed E-state index contributed by atoms with van der Waals surface area (Å²) in [5.41, 5.74) is 1.45. The number of anilines is 2. The quantitative estimate of drug-likeness (QED) is 0.747. The van der Waals surface area contributed by atoms with E-state index in [1.165, 1.54) is 7.11 Å². The zero-order valence-electron chi connectivity index (χ0n) is 13.7. The molecular formula is C16H22N2O4. The molecule has 6 nitrogen and oxygen atoms in total. The monoisotopic (exact) mass is 306 g/mol. The van der Waals surface area contributed by atoms with E-state index in [9.17, 15) is 9.59 Å². The second-order valence-corrected chi connectivity index (χ2v) is 6.25. The Labute approximate surface area is 130 Å². The highest BCUT2D eigenvalue weighted by atomic mass is 16.6. The van der Waals surface area contributed by atoms with Crippen LogP contribution in [0.25, 0.3) is 0 Å². The normalized spacial score (nSPS) is 14.4. The number of fused-ring (bicyclic) bond motifs is 1. The first-order valence-electron chi connectivity index (χ1n) is 7.17. The van der Waals surface area contributed by atoms with Crippen molar-refractivity contribution < 1.29 is 19.1 Å². The number of ether oxygens (including phenoxy) is 2. The summed E-state index contributed by atoms with van der Waals surface area (Å²) in [4.78, 5) is 27.6. The number of rotatable bonds is 1. The molecule has 0 aromatic heterocycles. The lowest BCUT2D eigenvalue weighted by Gasteiger charge is -2.36. The summed E-state index contributed by atoms with van der Waals surface area (Å²) in [6, 6.07) is 5.14. The minimum atomic E-state index is -0.549. The number of likely N-dealkylation sites (N-methyl/N-ethyl adjacent to an activating group) is 1. The predicted octanol–water partition coefficient (Wildman–Crippen LogP) is 2.66. The standard InChI is InChI=1S/C16H22N2O4/c1-16(2,3)22-15(20)18-9-8-17(4)13-10-11(14(19)21-5)6-7-12(13)18/h6-7,10H,8-9H2,1-5H3. The molecule has 1 aliphatic heterocycles. The lowest BCUT2D eigenvalue weighted by molar-refractivity contribution is 0.0578. The number of benzene rings is 1. The van der Waals surface area contributed by atoms with E-state index < -0.39 is 11.6 Å². The molecule has 0 bridgehead atoms. The summed E-state index contributed by atoms with van der Waals surface area (Å²) in [5, 5.41) is 0. The molecule has 2 rings (SSSR count). The molecule has 120 valence electrons. The Morgan fingerprint density at radius 3 is 2.41 bits per heavy atom. The molecule has 0 radical (unpaired) electrons. The average molecular weight is 306 g/mol. The molecule has 0 aliphatic carbocycles. The first-order chi connectivity index (χ1) is 10.2.